The largest absolute Gasteiger partial charge is 0.437 e. The second kappa shape index (κ2) is 5.28. The summed E-state index contributed by atoms with van der Waals surface area (Å²) >= 11 is 0. The molecule has 1 saturated heterocycles. The normalized spacial score (nSPS) is 28.7. The van der Waals surface area contributed by atoms with Crippen molar-refractivity contribution in [1.82, 2.24) is 10.6 Å². The van der Waals surface area contributed by atoms with E-state index >= 15 is 0 Å². The van der Waals surface area contributed by atoms with Crippen molar-refractivity contribution < 1.29 is 27.9 Å². The first kappa shape index (κ1) is 16.3. The minimum absolute atomic E-state index is 0.317. The summed E-state index contributed by atoms with van der Waals surface area (Å²) in [7, 11) is 0. The van der Waals surface area contributed by atoms with Crippen molar-refractivity contribution >= 4 is 11.8 Å². The molecule has 2 amide bonds. The third-order valence-electron chi connectivity index (χ3n) is 3.65. The Morgan fingerprint density at radius 1 is 1.36 bits per heavy atom. The summed E-state index contributed by atoms with van der Waals surface area (Å²) in [5.74, 6) is -2.79. The van der Waals surface area contributed by atoms with Crippen LogP contribution in [-0.4, -0.2) is 28.8 Å². The zero-order chi connectivity index (χ0) is 16.7. The van der Waals surface area contributed by atoms with Gasteiger partial charge in [0.25, 0.3) is 0 Å². The van der Waals surface area contributed by atoms with E-state index in [1.165, 1.54) is 11.4 Å². The first-order valence-electron chi connectivity index (χ1n) is 6.51. The van der Waals surface area contributed by atoms with Crippen LogP contribution in [0.5, 0.6) is 0 Å². The molecule has 1 aromatic carbocycles. The van der Waals surface area contributed by atoms with Gasteiger partial charge >= 0.3 is 12.2 Å². The van der Waals surface area contributed by atoms with Crippen LogP contribution >= 0.6 is 0 Å². The molecule has 5 nitrogen and oxygen atoms in total. The van der Waals surface area contributed by atoms with E-state index in [4.69, 9.17) is 0 Å². The van der Waals surface area contributed by atoms with Crippen molar-refractivity contribution in [3.8, 4) is 0 Å². The second-order valence-corrected chi connectivity index (χ2v) is 5.34. The number of rotatable bonds is 2. The minimum Gasteiger partial charge on any atom is -0.363 e. The van der Waals surface area contributed by atoms with E-state index in [0.717, 1.165) is 12.5 Å². The molecule has 8 heteroatoms. The fourth-order valence-corrected chi connectivity index (χ4v) is 2.67. The van der Waals surface area contributed by atoms with Crippen LogP contribution in [0.4, 0.5) is 18.0 Å². The molecule has 3 atom stereocenters. The molecule has 120 valence electrons. The van der Waals surface area contributed by atoms with Crippen molar-refractivity contribution in [2.45, 2.75) is 31.8 Å². The predicted molar refractivity (Wildman–Crippen MR) is 70.8 cm³/mol. The van der Waals surface area contributed by atoms with E-state index in [2.05, 4.69) is 5.32 Å². The maximum Gasteiger partial charge on any atom is 0.437 e. The monoisotopic (exact) mass is 316 g/mol. The fraction of sp³-hybridized carbons (Fsp3) is 0.429. The van der Waals surface area contributed by atoms with Gasteiger partial charge in [-0.05, 0) is 19.4 Å². The lowest BCUT2D eigenvalue weighted by Gasteiger charge is -2.44. The lowest BCUT2D eigenvalue weighted by molar-refractivity contribution is -0.290. The number of carbonyl (C=O) groups excluding carboxylic acids is 2. The highest BCUT2D eigenvalue weighted by Gasteiger charge is 2.65. The Balaban J connectivity index is 2.57. The Hall–Kier alpha value is -2.09. The van der Waals surface area contributed by atoms with Gasteiger partial charge in [-0.15, -0.1) is 0 Å². The minimum atomic E-state index is -5.19. The van der Waals surface area contributed by atoms with Gasteiger partial charge in [0.15, 0.2) is 0 Å². The lowest BCUT2D eigenvalue weighted by Crippen LogP contribution is -2.72. The molecule has 0 unspecified atom stereocenters. The lowest BCUT2D eigenvalue weighted by atomic mass is 9.79. The molecule has 0 aliphatic carbocycles. The van der Waals surface area contributed by atoms with Crippen LogP contribution < -0.4 is 10.6 Å². The summed E-state index contributed by atoms with van der Waals surface area (Å²) in [5.41, 5.74) is -2.55. The van der Waals surface area contributed by atoms with Gasteiger partial charge in [0.2, 0.25) is 5.72 Å². The number of amides is 2. The molecule has 0 spiro atoms. The van der Waals surface area contributed by atoms with Crippen molar-refractivity contribution in [3.05, 3.63) is 35.4 Å². The van der Waals surface area contributed by atoms with Gasteiger partial charge in [-0.2, -0.15) is 13.2 Å². The summed E-state index contributed by atoms with van der Waals surface area (Å²) in [6.07, 6.45) is -5.19. The van der Waals surface area contributed by atoms with Crippen molar-refractivity contribution in [1.29, 1.82) is 0 Å². The van der Waals surface area contributed by atoms with E-state index in [-0.39, 0.29) is 0 Å². The average molecular weight is 316 g/mol. The molecule has 1 fully saturated rings. The van der Waals surface area contributed by atoms with E-state index in [9.17, 15) is 27.9 Å². The summed E-state index contributed by atoms with van der Waals surface area (Å²) in [5, 5.41) is 13.7. The third kappa shape index (κ3) is 2.66. The van der Waals surface area contributed by atoms with Crippen LogP contribution in [0.15, 0.2) is 24.3 Å². The van der Waals surface area contributed by atoms with E-state index in [1.54, 1.807) is 25.1 Å². The molecule has 1 heterocycles. The van der Waals surface area contributed by atoms with Crippen LogP contribution in [0.25, 0.3) is 0 Å². The Bertz CT molecular complexity index is 618. The highest BCUT2D eigenvalue weighted by molar-refractivity contribution is 5.86. The van der Waals surface area contributed by atoms with Gasteiger partial charge in [-0.1, -0.05) is 29.8 Å². The van der Waals surface area contributed by atoms with Crippen molar-refractivity contribution in [3.63, 3.8) is 0 Å². The van der Waals surface area contributed by atoms with E-state index < -0.39 is 35.7 Å². The number of alkyl halides is 3. The van der Waals surface area contributed by atoms with Crippen LogP contribution in [0.3, 0.4) is 0 Å². The average Bonchev–Trinajstić information content (AvgIpc) is 2.35. The molecule has 0 radical (unpaired) electrons. The Labute approximate surface area is 124 Å². The second-order valence-electron chi connectivity index (χ2n) is 5.34. The number of Topliss-reactive ketones (excluding diaryl/α,β-unsaturated/α-hetero) is 1. The number of halogens is 3. The molecule has 2 rings (SSSR count). The van der Waals surface area contributed by atoms with Crippen LogP contribution in [-0.2, 0) is 4.79 Å². The van der Waals surface area contributed by atoms with Gasteiger partial charge in [0, 0.05) is 0 Å². The smallest absolute Gasteiger partial charge is 0.363 e. The van der Waals surface area contributed by atoms with Gasteiger partial charge in [0.05, 0.1) is 12.0 Å². The third-order valence-corrected chi connectivity index (χ3v) is 3.65. The van der Waals surface area contributed by atoms with E-state index in [1.807, 2.05) is 0 Å². The van der Waals surface area contributed by atoms with Crippen LogP contribution in [0.2, 0.25) is 0 Å². The number of carbonyl (C=O) groups is 2. The first-order valence-corrected chi connectivity index (χ1v) is 6.51. The zero-order valence-electron chi connectivity index (χ0n) is 11.9. The SMILES string of the molecule is CC(=O)[C@@H]1[C@@H](c2cccc(C)c2)NC(=O)N[C@@]1(O)C(F)(F)F. The summed E-state index contributed by atoms with van der Waals surface area (Å²) < 4.78 is 39.7. The number of ketones is 1. The van der Waals surface area contributed by atoms with E-state index in [0.29, 0.717) is 5.56 Å². The summed E-state index contributed by atoms with van der Waals surface area (Å²) in [4.78, 5) is 23.4. The Morgan fingerprint density at radius 2 is 2.00 bits per heavy atom. The number of urea groups is 1. The highest BCUT2D eigenvalue weighted by atomic mass is 19.4. The molecule has 1 aliphatic heterocycles. The number of benzene rings is 1. The molecule has 0 saturated carbocycles. The van der Waals surface area contributed by atoms with Gasteiger partial charge in [0.1, 0.15) is 5.78 Å². The topological polar surface area (TPSA) is 78.4 Å². The maximum absolute atomic E-state index is 13.2. The summed E-state index contributed by atoms with van der Waals surface area (Å²) in [6.45, 7) is 2.68. The van der Waals surface area contributed by atoms with Crippen molar-refractivity contribution in [2.24, 2.45) is 5.92 Å². The molecule has 0 bridgehead atoms. The molecule has 1 aromatic rings. The maximum atomic E-state index is 13.2. The van der Waals surface area contributed by atoms with Crippen molar-refractivity contribution in [2.75, 3.05) is 0 Å². The van der Waals surface area contributed by atoms with Gasteiger partial charge in [-0.25, -0.2) is 4.79 Å². The fourth-order valence-electron chi connectivity index (χ4n) is 2.67. The summed E-state index contributed by atoms with van der Waals surface area (Å²) in [6, 6.07) is 3.91. The number of hydrogen-bond acceptors (Lipinski definition) is 3. The molecule has 22 heavy (non-hydrogen) atoms. The number of nitrogens with one attached hydrogen (secondary N) is 2. The predicted octanol–water partition coefficient (Wildman–Crippen LogP) is 1.81. The number of hydrogen-bond donors (Lipinski definition) is 3. The van der Waals surface area contributed by atoms with Gasteiger partial charge in [-0.3, -0.25) is 4.79 Å². The number of aryl methyl sites for hydroxylation is 1. The zero-order valence-corrected chi connectivity index (χ0v) is 11.9. The molecular formula is C14H15F3N2O3. The molecule has 1 aliphatic rings. The van der Waals surface area contributed by atoms with Crippen LogP contribution in [0, 0.1) is 12.8 Å². The first-order chi connectivity index (χ1) is 10.1. The number of aliphatic hydroxyl groups is 1. The molecule has 0 aromatic heterocycles. The molecule has 3 N–H and O–H groups in total. The van der Waals surface area contributed by atoms with Gasteiger partial charge < -0.3 is 15.7 Å². The Kier molecular flexibility index (Phi) is 3.90. The Morgan fingerprint density at radius 3 is 2.50 bits per heavy atom. The van der Waals surface area contributed by atoms with Crippen LogP contribution in [0.1, 0.15) is 24.1 Å². The standard InChI is InChI=1S/C14H15F3N2O3/c1-7-4-3-5-9(6-7)11-10(8(2)20)13(22,14(15,16)17)19-12(21)18-11/h3-6,10-11,22H,1-2H3,(H2,18,19,21)/t10-,11-,13+/m1/s1. The molecular weight excluding hydrogens is 301 g/mol. The quantitative estimate of drug-likeness (QED) is 0.778. The highest BCUT2D eigenvalue weighted by Crippen LogP contribution is 2.42.